The average Bonchev–Trinajstić information content (AvgIpc) is 2.40. The molecule has 100 valence electrons. The maximum Gasteiger partial charge on any atom is 0.165 e. The summed E-state index contributed by atoms with van der Waals surface area (Å²) in [6.45, 7) is 0.253. The van der Waals surface area contributed by atoms with E-state index in [0.717, 1.165) is 4.47 Å². The Labute approximate surface area is 119 Å². The Hall–Kier alpha value is -1.75. The second-order valence-corrected chi connectivity index (χ2v) is 4.80. The highest BCUT2D eigenvalue weighted by Crippen LogP contribution is 2.28. The van der Waals surface area contributed by atoms with Gasteiger partial charge in [-0.2, -0.15) is 0 Å². The predicted molar refractivity (Wildman–Crippen MR) is 75.8 cm³/mol. The van der Waals surface area contributed by atoms with Crippen LogP contribution in [0.3, 0.4) is 0 Å². The van der Waals surface area contributed by atoms with E-state index in [4.69, 9.17) is 15.2 Å². The molecule has 19 heavy (non-hydrogen) atoms. The molecule has 0 atom stereocenters. The molecule has 3 nitrogen and oxygen atoms in total. The topological polar surface area (TPSA) is 44.5 Å². The fourth-order valence-electron chi connectivity index (χ4n) is 1.59. The highest BCUT2D eigenvalue weighted by atomic mass is 79.9. The number of nitrogen functional groups attached to an aromatic ring is 1. The monoisotopic (exact) mass is 325 g/mol. The molecular weight excluding hydrogens is 313 g/mol. The summed E-state index contributed by atoms with van der Waals surface area (Å²) in [7, 11) is 1.43. The molecule has 2 aromatic rings. The van der Waals surface area contributed by atoms with Crippen molar-refractivity contribution in [2.45, 2.75) is 6.61 Å². The zero-order chi connectivity index (χ0) is 13.8. The molecule has 0 spiro atoms. The molecule has 5 heteroatoms. The molecule has 0 aliphatic rings. The summed E-state index contributed by atoms with van der Waals surface area (Å²) < 4.78 is 24.8. The normalized spacial score (nSPS) is 10.3. The van der Waals surface area contributed by atoms with Gasteiger partial charge >= 0.3 is 0 Å². The van der Waals surface area contributed by atoms with Crippen LogP contribution >= 0.6 is 15.9 Å². The third kappa shape index (κ3) is 3.38. The number of hydrogen-bond acceptors (Lipinski definition) is 3. The molecule has 0 saturated carbocycles. The van der Waals surface area contributed by atoms with Crippen molar-refractivity contribution in [3.05, 3.63) is 52.3 Å². The minimum atomic E-state index is -0.407. The molecule has 2 N–H and O–H groups in total. The fraction of sp³-hybridized carbons (Fsp3) is 0.143. The van der Waals surface area contributed by atoms with Crippen molar-refractivity contribution in [3.63, 3.8) is 0 Å². The summed E-state index contributed by atoms with van der Waals surface area (Å²) in [4.78, 5) is 0. The van der Waals surface area contributed by atoms with E-state index >= 15 is 0 Å². The van der Waals surface area contributed by atoms with Crippen LogP contribution in [0.1, 0.15) is 5.56 Å². The first-order valence-electron chi connectivity index (χ1n) is 5.60. The first-order chi connectivity index (χ1) is 9.10. The molecule has 0 heterocycles. The van der Waals surface area contributed by atoms with Gasteiger partial charge in [-0.05, 0) is 45.8 Å². The SMILES string of the molecule is COc1ccc(COc2cc(N)ccc2Br)cc1F. The Kier molecular flexibility index (Phi) is 4.27. The molecule has 2 rings (SSSR count). The summed E-state index contributed by atoms with van der Waals surface area (Å²) in [5.74, 6) is 0.431. The molecule has 0 bridgehead atoms. The van der Waals surface area contributed by atoms with Crippen LogP contribution in [0.5, 0.6) is 11.5 Å². The Bertz CT molecular complexity index is 590. The maximum atomic E-state index is 13.5. The largest absolute Gasteiger partial charge is 0.494 e. The van der Waals surface area contributed by atoms with E-state index in [2.05, 4.69) is 15.9 Å². The quantitative estimate of drug-likeness (QED) is 0.870. The number of halogens is 2. The fourth-order valence-corrected chi connectivity index (χ4v) is 1.95. The zero-order valence-corrected chi connectivity index (χ0v) is 11.9. The second-order valence-electron chi connectivity index (χ2n) is 3.95. The van der Waals surface area contributed by atoms with Crippen molar-refractivity contribution in [3.8, 4) is 11.5 Å². The van der Waals surface area contributed by atoms with E-state index < -0.39 is 5.82 Å². The number of ether oxygens (including phenoxy) is 2. The first-order valence-corrected chi connectivity index (χ1v) is 6.39. The van der Waals surface area contributed by atoms with Crippen LogP contribution in [0.2, 0.25) is 0 Å². The average molecular weight is 326 g/mol. The van der Waals surface area contributed by atoms with Crippen LogP contribution in [-0.2, 0) is 6.61 Å². The molecule has 0 aromatic heterocycles. The van der Waals surface area contributed by atoms with Crippen molar-refractivity contribution >= 4 is 21.6 Å². The molecular formula is C14H13BrFNO2. The Morgan fingerprint density at radius 2 is 1.95 bits per heavy atom. The van der Waals surface area contributed by atoms with Gasteiger partial charge in [-0.25, -0.2) is 4.39 Å². The number of hydrogen-bond donors (Lipinski definition) is 1. The van der Waals surface area contributed by atoms with E-state index in [-0.39, 0.29) is 12.4 Å². The van der Waals surface area contributed by atoms with E-state index in [0.29, 0.717) is 17.0 Å². The molecule has 0 unspecified atom stereocenters. The second kappa shape index (κ2) is 5.93. The molecule has 0 amide bonds. The maximum absolute atomic E-state index is 13.5. The van der Waals surface area contributed by atoms with Gasteiger partial charge in [0.25, 0.3) is 0 Å². The Balaban J connectivity index is 2.10. The van der Waals surface area contributed by atoms with Gasteiger partial charge in [0.1, 0.15) is 12.4 Å². The molecule has 0 saturated heterocycles. The lowest BCUT2D eigenvalue weighted by Crippen LogP contribution is -1.98. The van der Waals surface area contributed by atoms with Gasteiger partial charge in [-0.1, -0.05) is 6.07 Å². The summed E-state index contributed by atoms with van der Waals surface area (Å²) >= 11 is 3.37. The lowest BCUT2D eigenvalue weighted by Gasteiger charge is -2.10. The van der Waals surface area contributed by atoms with E-state index in [1.165, 1.54) is 13.2 Å². The van der Waals surface area contributed by atoms with Gasteiger partial charge in [0.15, 0.2) is 11.6 Å². The third-order valence-corrected chi connectivity index (χ3v) is 3.22. The molecule has 0 radical (unpaired) electrons. The van der Waals surface area contributed by atoms with Crippen LogP contribution in [-0.4, -0.2) is 7.11 Å². The highest BCUT2D eigenvalue weighted by molar-refractivity contribution is 9.10. The van der Waals surface area contributed by atoms with Gasteiger partial charge < -0.3 is 15.2 Å². The van der Waals surface area contributed by atoms with Crippen LogP contribution in [0.15, 0.2) is 40.9 Å². The molecule has 2 aromatic carbocycles. The standard InChI is InChI=1S/C14H13BrFNO2/c1-18-13-5-2-9(6-12(13)16)8-19-14-7-10(17)3-4-11(14)15/h2-7H,8,17H2,1H3. The van der Waals surface area contributed by atoms with E-state index in [1.807, 2.05) is 0 Å². The van der Waals surface area contributed by atoms with Gasteiger partial charge in [-0.3, -0.25) is 0 Å². The van der Waals surface area contributed by atoms with Gasteiger partial charge in [0, 0.05) is 11.8 Å². The van der Waals surface area contributed by atoms with Crippen LogP contribution in [0, 0.1) is 5.82 Å². The zero-order valence-electron chi connectivity index (χ0n) is 10.3. The molecule has 0 fully saturated rings. The minimum Gasteiger partial charge on any atom is -0.494 e. The van der Waals surface area contributed by atoms with Gasteiger partial charge in [-0.15, -0.1) is 0 Å². The van der Waals surface area contributed by atoms with Crippen molar-refractivity contribution in [2.24, 2.45) is 0 Å². The van der Waals surface area contributed by atoms with Crippen LogP contribution in [0.4, 0.5) is 10.1 Å². The van der Waals surface area contributed by atoms with Gasteiger partial charge in [0.05, 0.1) is 11.6 Å². The van der Waals surface area contributed by atoms with Gasteiger partial charge in [0.2, 0.25) is 0 Å². The number of methoxy groups -OCH3 is 1. The van der Waals surface area contributed by atoms with Crippen molar-refractivity contribution in [2.75, 3.05) is 12.8 Å². The Morgan fingerprint density at radius 1 is 1.16 bits per heavy atom. The van der Waals surface area contributed by atoms with E-state index in [1.54, 1.807) is 30.3 Å². The first kappa shape index (κ1) is 13.7. The number of rotatable bonds is 4. The lowest BCUT2D eigenvalue weighted by atomic mass is 10.2. The summed E-state index contributed by atoms with van der Waals surface area (Å²) in [5, 5.41) is 0. The summed E-state index contributed by atoms with van der Waals surface area (Å²) in [6.07, 6.45) is 0. The van der Waals surface area contributed by atoms with Crippen LogP contribution < -0.4 is 15.2 Å². The predicted octanol–water partition coefficient (Wildman–Crippen LogP) is 3.76. The van der Waals surface area contributed by atoms with E-state index in [9.17, 15) is 4.39 Å². The van der Waals surface area contributed by atoms with Crippen molar-refractivity contribution in [1.29, 1.82) is 0 Å². The number of benzene rings is 2. The van der Waals surface area contributed by atoms with Crippen molar-refractivity contribution in [1.82, 2.24) is 0 Å². The third-order valence-electron chi connectivity index (χ3n) is 2.57. The summed E-state index contributed by atoms with van der Waals surface area (Å²) in [5.41, 5.74) is 7.01. The summed E-state index contributed by atoms with van der Waals surface area (Å²) in [6, 6.07) is 10.00. The number of anilines is 1. The smallest absolute Gasteiger partial charge is 0.165 e. The van der Waals surface area contributed by atoms with Crippen molar-refractivity contribution < 1.29 is 13.9 Å². The number of nitrogens with two attached hydrogens (primary N) is 1. The molecule has 0 aliphatic heterocycles. The Morgan fingerprint density at radius 3 is 2.63 bits per heavy atom. The van der Waals surface area contributed by atoms with Crippen LogP contribution in [0.25, 0.3) is 0 Å². The highest BCUT2D eigenvalue weighted by Gasteiger charge is 2.06. The molecule has 0 aliphatic carbocycles. The lowest BCUT2D eigenvalue weighted by molar-refractivity contribution is 0.303. The minimum absolute atomic E-state index is 0.217.